The number of nitrogens with one attached hydrogen (secondary N) is 1. The average Bonchev–Trinajstić information content (AvgIpc) is 2.62. The molecule has 0 aromatic carbocycles. The topological polar surface area (TPSA) is 15.3 Å². The predicted molar refractivity (Wildman–Crippen MR) is 46.4 cm³/mol. The van der Waals surface area contributed by atoms with Crippen molar-refractivity contribution in [1.82, 2.24) is 10.2 Å². The van der Waals surface area contributed by atoms with Crippen LogP contribution in [0.4, 0.5) is 0 Å². The maximum absolute atomic E-state index is 3.66. The fraction of sp³-hybridized carbons (Fsp3) is 1.00. The summed E-state index contributed by atoms with van der Waals surface area (Å²) in [5.41, 5.74) is 0.439. The Balaban J connectivity index is 2.09. The lowest BCUT2D eigenvalue weighted by molar-refractivity contribution is 0.128. The Bertz CT molecular complexity index is 133. The quantitative estimate of drug-likeness (QED) is 0.610. The normalized spacial score (nSPS) is 39.0. The molecule has 1 N–H and O–H groups in total. The summed E-state index contributed by atoms with van der Waals surface area (Å²) in [4.78, 5) is 2.61. The minimum Gasteiger partial charge on any atom is -0.299 e. The van der Waals surface area contributed by atoms with Crippen LogP contribution in [-0.4, -0.2) is 30.2 Å². The lowest BCUT2D eigenvalue weighted by atomic mass is 10.1. The molecule has 0 radical (unpaired) electrons. The zero-order valence-electron chi connectivity index (χ0n) is 7.40. The molecular formula is C9H18N2. The van der Waals surface area contributed by atoms with Crippen molar-refractivity contribution in [3.05, 3.63) is 0 Å². The monoisotopic (exact) mass is 154 g/mol. The van der Waals surface area contributed by atoms with Gasteiger partial charge in [-0.2, -0.15) is 0 Å². The first-order chi connectivity index (χ1) is 5.37. The van der Waals surface area contributed by atoms with Crippen molar-refractivity contribution >= 4 is 0 Å². The Labute approximate surface area is 69.0 Å². The molecule has 2 fully saturated rings. The second-order valence-corrected chi connectivity index (χ2v) is 3.75. The van der Waals surface area contributed by atoms with Gasteiger partial charge in [0.25, 0.3) is 0 Å². The molecule has 0 amide bonds. The average molecular weight is 154 g/mol. The van der Waals surface area contributed by atoms with Crippen molar-refractivity contribution < 1.29 is 0 Å². The smallest absolute Gasteiger partial charge is 0.0713 e. The van der Waals surface area contributed by atoms with Gasteiger partial charge < -0.3 is 0 Å². The molecule has 0 saturated carbocycles. The molecule has 2 rings (SSSR count). The van der Waals surface area contributed by atoms with E-state index in [1.165, 1.54) is 45.3 Å². The van der Waals surface area contributed by atoms with E-state index >= 15 is 0 Å². The second-order valence-electron chi connectivity index (χ2n) is 3.75. The molecule has 1 unspecified atom stereocenters. The number of hydrogen-bond donors (Lipinski definition) is 1. The van der Waals surface area contributed by atoms with Gasteiger partial charge in [-0.3, -0.25) is 10.2 Å². The summed E-state index contributed by atoms with van der Waals surface area (Å²) >= 11 is 0. The van der Waals surface area contributed by atoms with Crippen molar-refractivity contribution in [2.24, 2.45) is 0 Å². The van der Waals surface area contributed by atoms with Crippen LogP contribution in [0.3, 0.4) is 0 Å². The molecule has 0 bridgehead atoms. The van der Waals surface area contributed by atoms with E-state index in [0.29, 0.717) is 5.66 Å². The van der Waals surface area contributed by atoms with Gasteiger partial charge in [-0.25, -0.2) is 0 Å². The SMILES string of the molecule is CCN1CCCC12CCCN2. The predicted octanol–water partition coefficient (Wildman–Crippen LogP) is 1.18. The molecule has 2 aliphatic rings. The van der Waals surface area contributed by atoms with Gasteiger partial charge >= 0.3 is 0 Å². The van der Waals surface area contributed by atoms with E-state index in [0.717, 1.165) is 0 Å². The van der Waals surface area contributed by atoms with Crippen molar-refractivity contribution in [2.45, 2.75) is 38.3 Å². The van der Waals surface area contributed by atoms with E-state index in [2.05, 4.69) is 17.1 Å². The first kappa shape index (κ1) is 7.56. The molecule has 11 heavy (non-hydrogen) atoms. The molecule has 64 valence electrons. The standard InChI is InChI=1S/C9H18N2/c1-2-11-8-4-6-9(11)5-3-7-10-9/h10H,2-8H2,1H3. The number of rotatable bonds is 1. The maximum atomic E-state index is 3.66. The molecule has 2 heterocycles. The fourth-order valence-corrected chi connectivity index (χ4v) is 2.67. The highest BCUT2D eigenvalue weighted by molar-refractivity contribution is 4.96. The van der Waals surface area contributed by atoms with Crippen molar-refractivity contribution in [3.63, 3.8) is 0 Å². The highest BCUT2D eigenvalue weighted by Crippen LogP contribution is 2.33. The van der Waals surface area contributed by atoms with E-state index < -0.39 is 0 Å². The molecule has 1 atom stereocenters. The zero-order valence-corrected chi connectivity index (χ0v) is 7.40. The Kier molecular flexibility index (Phi) is 1.90. The molecule has 2 saturated heterocycles. The van der Waals surface area contributed by atoms with E-state index in [9.17, 15) is 0 Å². The Morgan fingerprint density at radius 2 is 2.18 bits per heavy atom. The van der Waals surface area contributed by atoms with Crippen LogP contribution < -0.4 is 5.32 Å². The van der Waals surface area contributed by atoms with Gasteiger partial charge in [0.2, 0.25) is 0 Å². The van der Waals surface area contributed by atoms with E-state index in [1.807, 2.05) is 0 Å². The molecule has 0 aliphatic carbocycles. The number of nitrogens with zero attached hydrogens (tertiary/aromatic N) is 1. The second kappa shape index (κ2) is 2.76. The molecule has 2 aliphatic heterocycles. The minimum atomic E-state index is 0.439. The van der Waals surface area contributed by atoms with Gasteiger partial charge in [0.15, 0.2) is 0 Å². The third-order valence-corrected chi connectivity index (χ3v) is 3.23. The van der Waals surface area contributed by atoms with Crippen LogP contribution in [0, 0.1) is 0 Å². The summed E-state index contributed by atoms with van der Waals surface area (Å²) in [5, 5.41) is 3.66. The maximum Gasteiger partial charge on any atom is 0.0713 e. The Morgan fingerprint density at radius 3 is 2.82 bits per heavy atom. The highest BCUT2D eigenvalue weighted by Gasteiger charge is 2.41. The largest absolute Gasteiger partial charge is 0.299 e. The number of hydrogen-bond acceptors (Lipinski definition) is 2. The summed E-state index contributed by atoms with van der Waals surface area (Å²) in [6.45, 7) is 6.03. The van der Waals surface area contributed by atoms with Gasteiger partial charge in [-0.15, -0.1) is 0 Å². The van der Waals surface area contributed by atoms with Crippen LogP contribution in [-0.2, 0) is 0 Å². The van der Waals surface area contributed by atoms with Crippen LogP contribution in [0.1, 0.15) is 32.6 Å². The fourth-order valence-electron chi connectivity index (χ4n) is 2.67. The molecular weight excluding hydrogens is 136 g/mol. The van der Waals surface area contributed by atoms with Gasteiger partial charge in [0.1, 0.15) is 0 Å². The summed E-state index contributed by atoms with van der Waals surface area (Å²) in [7, 11) is 0. The van der Waals surface area contributed by atoms with Crippen LogP contribution in [0.5, 0.6) is 0 Å². The molecule has 2 heteroatoms. The lowest BCUT2D eigenvalue weighted by Crippen LogP contribution is -2.51. The lowest BCUT2D eigenvalue weighted by Gasteiger charge is -2.34. The Hall–Kier alpha value is -0.0800. The number of likely N-dealkylation sites (tertiary alicyclic amines) is 1. The summed E-state index contributed by atoms with van der Waals surface area (Å²) in [6.07, 6.45) is 5.51. The highest BCUT2D eigenvalue weighted by atomic mass is 15.3. The third-order valence-electron chi connectivity index (χ3n) is 3.23. The van der Waals surface area contributed by atoms with Crippen molar-refractivity contribution in [3.8, 4) is 0 Å². The van der Waals surface area contributed by atoms with E-state index in [-0.39, 0.29) is 0 Å². The van der Waals surface area contributed by atoms with E-state index in [4.69, 9.17) is 0 Å². The van der Waals surface area contributed by atoms with Crippen LogP contribution >= 0.6 is 0 Å². The molecule has 2 nitrogen and oxygen atoms in total. The van der Waals surface area contributed by atoms with Gasteiger partial charge in [0, 0.05) is 0 Å². The third kappa shape index (κ3) is 1.09. The van der Waals surface area contributed by atoms with Gasteiger partial charge in [-0.1, -0.05) is 6.92 Å². The van der Waals surface area contributed by atoms with Crippen molar-refractivity contribution in [1.29, 1.82) is 0 Å². The first-order valence-electron chi connectivity index (χ1n) is 4.87. The summed E-state index contributed by atoms with van der Waals surface area (Å²) in [6, 6.07) is 0. The van der Waals surface area contributed by atoms with Gasteiger partial charge in [-0.05, 0) is 45.3 Å². The minimum absolute atomic E-state index is 0.439. The summed E-state index contributed by atoms with van der Waals surface area (Å²) in [5.74, 6) is 0. The van der Waals surface area contributed by atoms with Gasteiger partial charge in [0.05, 0.1) is 5.66 Å². The Morgan fingerprint density at radius 1 is 1.36 bits per heavy atom. The first-order valence-corrected chi connectivity index (χ1v) is 4.87. The zero-order chi connectivity index (χ0) is 7.73. The van der Waals surface area contributed by atoms with Crippen LogP contribution in [0.25, 0.3) is 0 Å². The van der Waals surface area contributed by atoms with Crippen molar-refractivity contribution in [2.75, 3.05) is 19.6 Å². The molecule has 0 aromatic rings. The van der Waals surface area contributed by atoms with E-state index in [1.54, 1.807) is 0 Å². The van der Waals surface area contributed by atoms with Crippen LogP contribution in [0.15, 0.2) is 0 Å². The molecule has 0 aromatic heterocycles. The van der Waals surface area contributed by atoms with Crippen LogP contribution in [0.2, 0.25) is 0 Å². The molecule has 1 spiro atoms. The summed E-state index contributed by atoms with van der Waals surface area (Å²) < 4.78 is 0.